The summed E-state index contributed by atoms with van der Waals surface area (Å²) in [6.45, 7) is 26.0. The van der Waals surface area contributed by atoms with E-state index in [0.29, 0.717) is 13.2 Å². The summed E-state index contributed by atoms with van der Waals surface area (Å²) < 4.78 is 11.8. The highest BCUT2D eigenvalue weighted by atomic mass is 16.5. The first-order valence-electron chi connectivity index (χ1n) is 11.5. The van der Waals surface area contributed by atoms with Gasteiger partial charge >= 0.3 is 0 Å². The number of carbonyl (C=O) groups excluding carboxylic acids is 1. The standard InChI is InChI=1S/C25H51NO3/c1-12-16-29-25(10,11)14-17-28-20(2)13-15-26-21(27)24(8,9)19-23(6,7)18-22(3,4)5/h20H,12-19H2,1-11H3,(H,26,27). The van der Waals surface area contributed by atoms with Crippen LogP contribution in [-0.2, 0) is 14.3 Å². The normalized spacial score (nSPS) is 14.7. The maximum atomic E-state index is 12.8. The van der Waals surface area contributed by atoms with Crippen molar-refractivity contribution in [3.63, 3.8) is 0 Å². The molecule has 0 aromatic carbocycles. The van der Waals surface area contributed by atoms with Crippen LogP contribution < -0.4 is 5.32 Å². The van der Waals surface area contributed by atoms with Crippen LogP contribution in [0.1, 0.15) is 108 Å². The van der Waals surface area contributed by atoms with Gasteiger partial charge in [-0.25, -0.2) is 0 Å². The zero-order valence-corrected chi connectivity index (χ0v) is 21.5. The van der Waals surface area contributed by atoms with Gasteiger partial charge in [0.1, 0.15) is 0 Å². The van der Waals surface area contributed by atoms with Crippen molar-refractivity contribution in [2.24, 2.45) is 16.2 Å². The second kappa shape index (κ2) is 11.7. The Bertz CT molecular complexity index is 475. The third kappa shape index (κ3) is 14.1. The molecule has 0 aliphatic rings. The van der Waals surface area contributed by atoms with E-state index in [9.17, 15) is 4.79 Å². The molecule has 0 aromatic rings. The number of hydrogen-bond donors (Lipinski definition) is 1. The Balaban J connectivity index is 4.29. The Morgan fingerprint density at radius 3 is 2.03 bits per heavy atom. The number of nitrogens with one attached hydrogen (secondary N) is 1. The van der Waals surface area contributed by atoms with E-state index in [-0.39, 0.29) is 33.9 Å². The second-order valence-corrected chi connectivity index (χ2v) is 12.0. The first kappa shape index (κ1) is 28.4. The van der Waals surface area contributed by atoms with Gasteiger partial charge in [-0.3, -0.25) is 4.79 Å². The molecule has 174 valence electrons. The molecular formula is C25H51NO3. The predicted molar refractivity (Wildman–Crippen MR) is 124 cm³/mol. The quantitative estimate of drug-likeness (QED) is 0.360. The van der Waals surface area contributed by atoms with E-state index >= 15 is 0 Å². The fourth-order valence-corrected chi connectivity index (χ4v) is 4.44. The summed E-state index contributed by atoms with van der Waals surface area (Å²) in [4.78, 5) is 12.8. The second-order valence-electron chi connectivity index (χ2n) is 12.0. The molecule has 0 aromatic heterocycles. The molecule has 0 radical (unpaired) electrons. The lowest BCUT2D eigenvalue weighted by Gasteiger charge is -2.38. The van der Waals surface area contributed by atoms with E-state index in [1.807, 2.05) is 0 Å². The zero-order valence-electron chi connectivity index (χ0n) is 21.5. The largest absolute Gasteiger partial charge is 0.378 e. The monoisotopic (exact) mass is 413 g/mol. The van der Waals surface area contributed by atoms with Crippen LogP contribution in [0.25, 0.3) is 0 Å². The Morgan fingerprint density at radius 2 is 1.52 bits per heavy atom. The van der Waals surface area contributed by atoms with Crippen LogP contribution in [0.2, 0.25) is 0 Å². The molecule has 1 N–H and O–H groups in total. The van der Waals surface area contributed by atoms with Gasteiger partial charge in [0.05, 0.1) is 11.7 Å². The van der Waals surface area contributed by atoms with Gasteiger partial charge in [-0.05, 0) is 63.7 Å². The third-order valence-electron chi connectivity index (χ3n) is 5.18. The van der Waals surface area contributed by atoms with Crippen LogP contribution in [-0.4, -0.2) is 37.4 Å². The smallest absolute Gasteiger partial charge is 0.225 e. The van der Waals surface area contributed by atoms with Gasteiger partial charge in [0, 0.05) is 25.2 Å². The minimum atomic E-state index is -0.376. The molecule has 1 atom stereocenters. The summed E-state index contributed by atoms with van der Waals surface area (Å²) in [5.74, 6) is 0.140. The molecule has 0 spiro atoms. The van der Waals surface area contributed by atoms with Crippen molar-refractivity contribution in [1.82, 2.24) is 5.32 Å². The highest BCUT2D eigenvalue weighted by Crippen LogP contribution is 2.41. The summed E-state index contributed by atoms with van der Waals surface area (Å²) in [5, 5.41) is 3.13. The van der Waals surface area contributed by atoms with E-state index in [1.54, 1.807) is 0 Å². The summed E-state index contributed by atoms with van der Waals surface area (Å²) >= 11 is 0. The van der Waals surface area contributed by atoms with Crippen molar-refractivity contribution in [2.75, 3.05) is 19.8 Å². The van der Waals surface area contributed by atoms with Crippen molar-refractivity contribution < 1.29 is 14.3 Å². The summed E-state index contributed by atoms with van der Waals surface area (Å²) in [6, 6.07) is 0. The van der Waals surface area contributed by atoms with Crippen molar-refractivity contribution in [3.05, 3.63) is 0 Å². The lowest BCUT2D eigenvalue weighted by atomic mass is 9.68. The van der Waals surface area contributed by atoms with Crippen molar-refractivity contribution in [3.8, 4) is 0 Å². The van der Waals surface area contributed by atoms with Crippen LogP contribution in [0, 0.1) is 16.2 Å². The lowest BCUT2D eigenvalue weighted by molar-refractivity contribution is -0.131. The van der Waals surface area contributed by atoms with Crippen LogP contribution in [0.3, 0.4) is 0 Å². The Labute approximate surface area is 181 Å². The molecule has 0 saturated heterocycles. The topological polar surface area (TPSA) is 47.6 Å². The third-order valence-corrected chi connectivity index (χ3v) is 5.18. The number of amides is 1. The fourth-order valence-electron chi connectivity index (χ4n) is 4.44. The number of rotatable bonds is 14. The van der Waals surface area contributed by atoms with Gasteiger partial charge in [-0.2, -0.15) is 0 Å². The Kier molecular flexibility index (Phi) is 11.4. The highest BCUT2D eigenvalue weighted by molar-refractivity contribution is 5.81. The molecule has 4 heteroatoms. The van der Waals surface area contributed by atoms with Crippen LogP contribution in [0.15, 0.2) is 0 Å². The lowest BCUT2D eigenvalue weighted by Crippen LogP contribution is -2.41. The van der Waals surface area contributed by atoms with E-state index in [0.717, 1.165) is 38.7 Å². The van der Waals surface area contributed by atoms with E-state index in [4.69, 9.17) is 9.47 Å². The number of hydrogen-bond acceptors (Lipinski definition) is 3. The van der Waals surface area contributed by atoms with Crippen LogP contribution in [0.5, 0.6) is 0 Å². The maximum absolute atomic E-state index is 12.8. The molecule has 0 bridgehead atoms. The van der Waals surface area contributed by atoms with Gasteiger partial charge in [-0.15, -0.1) is 0 Å². The van der Waals surface area contributed by atoms with Gasteiger partial charge in [0.15, 0.2) is 0 Å². The fraction of sp³-hybridized carbons (Fsp3) is 0.960. The van der Waals surface area contributed by atoms with Gasteiger partial charge in [-0.1, -0.05) is 55.4 Å². The first-order chi connectivity index (χ1) is 13.0. The van der Waals surface area contributed by atoms with Gasteiger partial charge < -0.3 is 14.8 Å². The van der Waals surface area contributed by atoms with E-state index < -0.39 is 0 Å². The van der Waals surface area contributed by atoms with Crippen molar-refractivity contribution in [1.29, 1.82) is 0 Å². The first-order valence-corrected chi connectivity index (χ1v) is 11.5. The molecule has 1 amide bonds. The molecule has 0 heterocycles. The highest BCUT2D eigenvalue weighted by Gasteiger charge is 2.36. The maximum Gasteiger partial charge on any atom is 0.225 e. The molecule has 4 nitrogen and oxygen atoms in total. The van der Waals surface area contributed by atoms with Gasteiger partial charge in [0.2, 0.25) is 5.91 Å². The van der Waals surface area contributed by atoms with Crippen molar-refractivity contribution >= 4 is 5.91 Å². The van der Waals surface area contributed by atoms with Crippen LogP contribution in [0.4, 0.5) is 0 Å². The molecule has 0 rings (SSSR count). The zero-order chi connectivity index (χ0) is 22.9. The van der Waals surface area contributed by atoms with Crippen LogP contribution >= 0.6 is 0 Å². The minimum absolute atomic E-state index is 0.123. The SMILES string of the molecule is CCCOC(C)(C)CCOC(C)CCNC(=O)C(C)(C)CC(C)(C)CC(C)(C)C. The Hall–Kier alpha value is -0.610. The van der Waals surface area contributed by atoms with Crippen molar-refractivity contribution in [2.45, 2.75) is 120 Å². The number of carbonyl (C=O) groups is 1. The van der Waals surface area contributed by atoms with E-state index in [1.165, 1.54) is 0 Å². The van der Waals surface area contributed by atoms with Gasteiger partial charge in [0.25, 0.3) is 0 Å². The molecule has 1 unspecified atom stereocenters. The average molecular weight is 414 g/mol. The molecule has 0 saturated carbocycles. The summed E-state index contributed by atoms with van der Waals surface area (Å²) in [7, 11) is 0. The molecule has 0 aliphatic carbocycles. The minimum Gasteiger partial charge on any atom is -0.378 e. The molecule has 0 aliphatic heterocycles. The predicted octanol–water partition coefficient (Wildman–Crippen LogP) is 6.37. The average Bonchev–Trinajstić information content (AvgIpc) is 2.49. The molecule has 29 heavy (non-hydrogen) atoms. The summed E-state index contributed by atoms with van der Waals surface area (Å²) in [6.07, 6.45) is 4.83. The van der Waals surface area contributed by atoms with E-state index in [2.05, 4.69) is 81.5 Å². The summed E-state index contributed by atoms with van der Waals surface area (Å²) in [5.41, 5.74) is -0.131. The number of ether oxygens (including phenoxy) is 2. The Morgan fingerprint density at radius 1 is 0.931 bits per heavy atom. The molecule has 0 fully saturated rings. The molecular weight excluding hydrogens is 362 g/mol.